The number of nitrogens with zero attached hydrogens (tertiary/aromatic N) is 2. The van der Waals surface area contributed by atoms with Gasteiger partial charge in [-0.05, 0) is 61.4 Å². The van der Waals surface area contributed by atoms with Gasteiger partial charge in [-0.15, -0.1) is 0 Å². The van der Waals surface area contributed by atoms with E-state index in [4.69, 9.17) is 13.9 Å². The fraction of sp³-hybridized carbons (Fsp3) is 0.269. The number of amides is 1. The van der Waals surface area contributed by atoms with Gasteiger partial charge < -0.3 is 13.9 Å². The molecule has 1 aliphatic rings. The lowest BCUT2D eigenvalue weighted by molar-refractivity contribution is -0.156. The zero-order valence-corrected chi connectivity index (χ0v) is 18.9. The van der Waals surface area contributed by atoms with Crippen LogP contribution in [-0.2, 0) is 19.7 Å². The van der Waals surface area contributed by atoms with Crippen molar-refractivity contribution in [3.8, 4) is 5.75 Å². The van der Waals surface area contributed by atoms with Crippen molar-refractivity contribution < 1.29 is 23.5 Å². The molecule has 0 saturated carbocycles. The van der Waals surface area contributed by atoms with Crippen LogP contribution in [0.4, 0.5) is 0 Å². The number of hydrazone groups is 1. The standard InChI is InChI=1S/C26H26N2O5/c1-26(2,19-8-5-4-6-9-19)25(30)33-17-24(29)28-22(23-10-7-15-32-23)16-21(27-28)18-11-13-20(31-3)14-12-18/h4-15,22H,16-17H2,1-3H3. The van der Waals surface area contributed by atoms with E-state index in [9.17, 15) is 9.59 Å². The Labute approximate surface area is 192 Å². The molecule has 0 bridgehead atoms. The highest BCUT2D eigenvalue weighted by atomic mass is 16.5. The second-order valence-electron chi connectivity index (χ2n) is 8.32. The van der Waals surface area contributed by atoms with Gasteiger partial charge in [-0.2, -0.15) is 5.10 Å². The normalized spacial score (nSPS) is 15.8. The van der Waals surface area contributed by atoms with Crippen molar-refractivity contribution in [3.63, 3.8) is 0 Å². The van der Waals surface area contributed by atoms with E-state index in [1.807, 2.05) is 60.7 Å². The number of furan rings is 1. The molecule has 1 aromatic heterocycles. The Bertz CT molecular complexity index is 1140. The molecule has 4 rings (SSSR count). The molecule has 7 nitrogen and oxygen atoms in total. The fourth-order valence-electron chi connectivity index (χ4n) is 3.75. The molecule has 0 N–H and O–H groups in total. The number of rotatable bonds is 7. The topological polar surface area (TPSA) is 81.3 Å². The molecule has 0 aliphatic carbocycles. The Morgan fingerprint density at radius 2 is 1.79 bits per heavy atom. The number of hydrogen-bond acceptors (Lipinski definition) is 6. The maximum Gasteiger partial charge on any atom is 0.316 e. The molecule has 7 heteroatoms. The fourth-order valence-corrected chi connectivity index (χ4v) is 3.75. The lowest BCUT2D eigenvalue weighted by Gasteiger charge is -2.24. The van der Waals surface area contributed by atoms with E-state index in [1.165, 1.54) is 5.01 Å². The van der Waals surface area contributed by atoms with Crippen molar-refractivity contribution >= 4 is 17.6 Å². The molecule has 33 heavy (non-hydrogen) atoms. The second-order valence-corrected chi connectivity index (χ2v) is 8.32. The average Bonchev–Trinajstić information content (AvgIpc) is 3.53. The van der Waals surface area contributed by atoms with Crippen LogP contribution in [0.25, 0.3) is 0 Å². The number of esters is 1. The van der Waals surface area contributed by atoms with E-state index >= 15 is 0 Å². The van der Waals surface area contributed by atoms with Crippen LogP contribution in [0.2, 0.25) is 0 Å². The van der Waals surface area contributed by atoms with Gasteiger partial charge >= 0.3 is 5.97 Å². The molecule has 0 radical (unpaired) electrons. The molecule has 1 unspecified atom stereocenters. The van der Waals surface area contributed by atoms with Crippen molar-refractivity contribution in [2.24, 2.45) is 5.10 Å². The molecule has 1 aliphatic heterocycles. The highest BCUT2D eigenvalue weighted by Gasteiger charge is 2.37. The number of methoxy groups -OCH3 is 1. The van der Waals surface area contributed by atoms with E-state index in [1.54, 1.807) is 33.3 Å². The molecule has 0 saturated heterocycles. The summed E-state index contributed by atoms with van der Waals surface area (Å²) in [6.45, 7) is 3.14. The van der Waals surface area contributed by atoms with Crippen LogP contribution in [0.3, 0.4) is 0 Å². The summed E-state index contributed by atoms with van der Waals surface area (Å²) < 4.78 is 16.2. The SMILES string of the molecule is COc1ccc(C2=NN(C(=O)COC(=O)C(C)(C)c3ccccc3)C(c3ccco3)C2)cc1. The summed E-state index contributed by atoms with van der Waals surface area (Å²) >= 11 is 0. The van der Waals surface area contributed by atoms with Crippen molar-refractivity contribution in [2.45, 2.75) is 31.7 Å². The highest BCUT2D eigenvalue weighted by Crippen LogP contribution is 2.33. The van der Waals surface area contributed by atoms with Gasteiger partial charge in [0, 0.05) is 6.42 Å². The van der Waals surface area contributed by atoms with Gasteiger partial charge in [-0.3, -0.25) is 9.59 Å². The summed E-state index contributed by atoms with van der Waals surface area (Å²) in [5.74, 6) is 0.458. The van der Waals surface area contributed by atoms with E-state index in [-0.39, 0.29) is 0 Å². The quantitative estimate of drug-likeness (QED) is 0.500. The number of carbonyl (C=O) groups excluding carboxylic acids is 2. The van der Waals surface area contributed by atoms with Gasteiger partial charge in [0.1, 0.15) is 17.6 Å². The Kier molecular flexibility index (Phi) is 6.31. The van der Waals surface area contributed by atoms with E-state index in [0.29, 0.717) is 12.2 Å². The largest absolute Gasteiger partial charge is 0.497 e. The first-order valence-corrected chi connectivity index (χ1v) is 10.7. The van der Waals surface area contributed by atoms with Gasteiger partial charge in [0.15, 0.2) is 6.61 Å². The molecule has 3 aromatic rings. The van der Waals surface area contributed by atoms with E-state index in [0.717, 1.165) is 22.6 Å². The number of carbonyl (C=O) groups is 2. The monoisotopic (exact) mass is 446 g/mol. The lowest BCUT2D eigenvalue weighted by Crippen LogP contribution is -2.36. The molecular formula is C26H26N2O5. The van der Waals surface area contributed by atoms with Crippen LogP contribution in [0.5, 0.6) is 5.75 Å². The first kappa shape index (κ1) is 22.3. The smallest absolute Gasteiger partial charge is 0.316 e. The Morgan fingerprint density at radius 3 is 2.42 bits per heavy atom. The van der Waals surface area contributed by atoms with Gasteiger partial charge in [-0.25, -0.2) is 5.01 Å². The summed E-state index contributed by atoms with van der Waals surface area (Å²) in [6, 6.07) is 20.0. The minimum Gasteiger partial charge on any atom is -0.497 e. The molecule has 0 fully saturated rings. The zero-order chi connectivity index (χ0) is 23.4. The van der Waals surface area contributed by atoms with Crippen molar-refractivity contribution in [1.29, 1.82) is 0 Å². The van der Waals surface area contributed by atoms with E-state index < -0.39 is 29.9 Å². The van der Waals surface area contributed by atoms with Gasteiger partial charge in [0.05, 0.1) is 24.5 Å². The second kappa shape index (κ2) is 9.32. The number of benzene rings is 2. The van der Waals surface area contributed by atoms with Crippen LogP contribution in [0.15, 0.2) is 82.5 Å². The lowest BCUT2D eigenvalue weighted by atomic mass is 9.85. The zero-order valence-electron chi connectivity index (χ0n) is 18.9. The van der Waals surface area contributed by atoms with Crippen LogP contribution < -0.4 is 4.74 Å². The molecule has 1 amide bonds. The maximum atomic E-state index is 13.1. The summed E-state index contributed by atoms with van der Waals surface area (Å²) in [4.78, 5) is 25.9. The van der Waals surface area contributed by atoms with Gasteiger partial charge in [0.2, 0.25) is 0 Å². The summed E-state index contributed by atoms with van der Waals surface area (Å²) in [5, 5.41) is 5.91. The third kappa shape index (κ3) is 4.67. The summed E-state index contributed by atoms with van der Waals surface area (Å²) in [6.07, 6.45) is 2.04. The third-order valence-corrected chi connectivity index (χ3v) is 5.79. The number of hydrogen-bond donors (Lipinski definition) is 0. The number of ether oxygens (including phenoxy) is 2. The van der Waals surface area contributed by atoms with E-state index in [2.05, 4.69) is 5.10 Å². The average molecular weight is 447 g/mol. The van der Waals surface area contributed by atoms with Crippen molar-refractivity contribution in [2.75, 3.05) is 13.7 Å². The minimum absolute atomic E-state index is 0.411. The summed E-state index contributed by atoms with van der Waals surface area (Å²) in [7, 11) is 1.61. The van der Waals surface area contributed by atoms with Crippen LogP contribution in [0, 0.1) is 0 Å². The predicted molar refractivity (Wildman–Crippen MR) is 123 cm³/mol. The Hall–Kier alpha value is -3.87. The molecule has 2 aromatic carbocycles. The predicted octanol–water partition coefficient (Wildman–Crippen LogP) is 4.49. The molecule has 170 valence electrons. The summed E-state index contributed by atoms with van der Waals surface area (Å²) in [5.41, 5.74) is 1.55. The molecule has 1 atom stereocenters. The van der Waals surface area contributed by atoms with Crippen LogP contribution >= 0.6 is 0 Å². The maximum absolute atomic E-state index is 13.1. The Balaban J connectivity index is 1.50. The molecular weight excluding hydrogens is 420 g/mol. The van der Waals surface area contributed by atoms with Gasteiger partial charge in [0.25, 0.3) is 5.91 Å². The van der Waals surface area contributed by atoms with Crippen molar-refractivity contribution in [3.05, 3.63) is 89.9 Å². The minimum atomic E-state index is -0.884. The van der Waals surface area contributed by atoms with Crippen molar-refractivity contribution in [1.82, 2.24) is 5.01 Å². The highest BCUT2D eigenvalue weighted by molar-refractivity contribution is 6.03. The van der Waals surface area contributed by atoms with Crippen LogP contribution in [0.1, 0.15) is 43.2 Å². The first-order chi connectivity index (χ1) is 15.9. The van der Waals surface area contributed by atoms with Gasteiger partial charge in [-0.1, -0.05) is 30.3 Å². The Morgan fingerprint density at radius 1 is 1.06 bits per heavy atom. The molecule has 0 spiro atoms. The first-order valence-electron chi connectivity index (χ1n) is 10.7. The molecule has 2 heterocycles. The third-order valence-electron chi connectivity index (χ3n) is 5.79. The van der Waals surface area contributed by atoms with Crippen LogP contribution in [-0.4, -0.2) is 36.3 Å².